The van der Waals surface area contributed by atoms with E-state index in [4.69, 9.17) is 9.47 Å². The van der Waals surface area contributed by atoms with E-state index in [0.29, 0.717) is 0 Å². The standard InChI is InChI=1S/C18H22N2O2/c1-13-5-4-7-19-16(13)12-20-8-6-14-9-17(21-2)18(22-3)10-15(14)11-20/h4-5,7,9-10H,6,8,11-12H2,1-3H3. The number of hydrogen-bond acceptors (Lipinski definition) is 4. The predicted octanol–water partition coefficient (Wildman–Crippen LogP) is 2.97. The van der Waals surface area contributed by atoms with Crippen molar-refractivity contribution >= 4 is 0 Å². The van der Waals surface area contributed by atoms with Crippen LogP contribution in [0.5, 0.6) is 11.5 Å². The zero-order chi connectivity index (χ0) is 15.5. The summed E-state index contributed by atoms with van der Waals surface area (Å²) < 4.78 is 10.8. The average molecular weight is 298 g/mol. The Labute approximate surface area is 131 Å². The van der Waals surface area contributed by atoms with Crippen LogP contribution in [0.15, 0.2) is 30.5 Å². The molecular formula is C18H22N2O2. The first kappa shape index (κ1) is 14.9. The summed E-state index contributed by atoms with van der Waals surface area (Å²) in [7, 11) is 3.37. The van der Waals surface area contributed by atoms with Gasteiger partial charge in [0.05, 0.1) is 19.9 Å². The smallest absolute Gasteiger partial charge is 0.161 e. The molecule has 0 spiro atoms. The molecule has 0 N–H and O–H groups in total. The Balaban J connectivity index is 1.80. The van der Waals surface area contributed by atoms with Crippen molar-refractivity contribution in [3.05, 3.63) is 52.8 Å². The minimum Gasteiger partial charge on any atom is -0.493 e. The first-order valence-corrected chi connectivity index (χ1v) is 7.58. The Hall–Kier alpha value is -2.07. The second-order valence-electron chi connectivity index (χ2n) is 5.70. The van der Waals surface area contributed by atoms with Gasteiger partial charge in [-0.2, -0.15) is 0 Å². The Bertz CT molecular complexity index is 670. The van der Waals surface area contributed by atoms with Crippen LogP contribution >= 0.6 is 0 Å². The molecular weight excluding hydrogens is 276 g/mol. The first-order valence-electron chi connectivity index (χ1n) is 7.58. The number of fused-ring (bicyclic) bond motifs is 1. The highest BCUT2D eigenvalue weighted by atomic mass is 16.5. The summed E-state index contributed by atoms with van der Waals surface area (Å²) in [5.74, 6) is 1.62. The monoisotopic (exact) mass is 298 g/mol. The Morgan fingerprint density at radius 3 is 2.55 bits per heavy atom. The van der Waals surface area contributed by atoms with Gasteiger partial charge < -0.3 is 9.47 Å². The maximum atomic E-state index is 5.42. The zero-order valence-corrected chi connectivity index (χ0v) is 13.4. The highest BCUT2D eigenvalue weighted by molar-refractivity contribution is 5.48. The van der Waals surface area contributed by atoms with Gasteiger partial charge in [-0.15, -0.1) is 0 Å². The molecule has 0 radical (unpaired) electrons. The lowest BCUT2D eigenvalue weighted by atomic mass is 9.98. The van der Waals surface area contributed by atoms with E-state index in [9.17, 15) is 0 Å². The second kappa shape index (κ2) is 6.36. The fraction of sp³-hybridized carbons (Fsp3) is 0.389. The van der Waals surface area contributed by atoms with E-state index < -0.39 is 0 Å². The fourth-order valence-electron chi connectivity index (χ4n) is 2.97. The van der Waals surface area contributed by atoms with Crippen LogP contribution in [0.4, 0.5) is 0 Å². The van der Waals surface area contributed by atoms with Crippen LogP contribution in [0, 0.1) is 6.92 Å². The number of aryl methyl sites for hydroxylation is 1. The molecule has 1 aromatic carbocycles. The summed E-state index contributed by atoms with van der Waals surface area (Å²) in [6, 6.07) is 8.32. The molecule has 4 heteroatoms. The van der Waals surface area contributed by atoms with Crippen molar-refractivity contribution in [1.29, 1.82) is 0 Å². The van der Waals surface area contributed by atoms with E-state index in [0.717, 1.165) is 43.2 Å². The number of benzene rings is 1. The van der Waals surface area contributed by atoms with E-state index in [1.807, 2.05) is 12.3 Å². The SMILES string of the molecule is COc1cc2c(cc1OC)CN(Cc1ncccc1C)CC2. The maximum absolute atomic E-state index is 5.42. The van der Waals surface area contributed by atoms with Gasteiger partial charge in [0.15, 0.2) is 11.5 Å². The van der Waals surface area contributed by atoms with E-state index in [-0.39, 0.29) is 0 Å². The lowest BCUT2D eigenvalue weighted by Crippen LogP contribution is -2.30. The third-order valence-corrected chi connectivity index (χ3v) is 4.29. The number of rotatable bonds is 4. The quantitative estimate of drug-likeness (QED) is 0.869. The molecule has 0 unspecified atom stereocenters. The maximum Gasteiger partial charge on any atom is 0.161 e. The van der Waals surface area contributed by atoms with Crippen LogP contribution in [0.25, 0.3) is 0 Å². The number of methoxy groups -OCH3 is 2. The van der Waals surface area contributed by atoms with E-state index in [1.165, 1.54) is 16.7 Å². The molecule has 116 valence electrons. The molecule has 3 rings (SSSR count). The summed E-state index contributed by atoms with van der Waals surface area (Å²) in [6.07, 6.45) is 2.90. The lowest BCUT2D eigenvalue weighted by Gasteiger charge is -2.29. The fourth-order valence-corrected chi connectivity index (χ4v) is 2.97. The molecule has 0 bridgehead atoms. The molecule has 0 aliphatic carbocycles. The second-order valence-corrected chi connectivity index (χ2v) is 5.70. The van der Waals surface area contributed by atoms with Crippen LogP contribution in [0.2, 0.25) is 0 Å². The van der Waals surface area contributed by atoms with E-state index in [1.54, 1.807) is 14.2 Å². The van der Waals surface area contributed by atoms with E-state index in [2.05, 4.69) is 35.0 Å². The number of nitrogens with zero attached hydrogens (tertiary/aromatic N) is 2. The molecule has 4 nitrogen and oxygen atoms in total. The molecule has 2 heterocycles. The summed E-state index contributed by atoms with van der Waals surface area (Å²) in [5.41, 5.74) is 5.08. The lowest BCUT2D eigenvalue weighted by molar-refractivity contribution is 0.241. The minimum absolute atomic E-state index is 0.803. The van der Waals surface area contributed by atoms with Crippen molar-refractivity contribution in [3.63, 3.8) is 0 Å². The van der Waals surface area contributed by atoms with Crippen molar-refractivity contribution in [3.8, 4) is 11.5 Å². The van der Waals surface area contributed by atoms with Crippen molar-refractivity contribution in [2.24, 2.45) is 0 Å². The Morgan fingerprint density at radius 1 is 1.14 bits per heavy atom. The molecule has 0 amide bonds. The number of hydrogen-bond donors (Lipinski definition) is 0. The largest absolute Gasteiger partial charge is 0.493 e. The van der Waals surface area contributed by atoms with Gasteiger partial charge in [-0.05, 0) is 48.2 Å². The summed E-state index contributed by atoms with van der Waals surface area (Å²) in [5, 5.41) is 0. The molecule has 0 fully saturated rings. The molecule has 1 aliphatic heterocycles. The topological polar surface area (TPSA) is 34.6 Å². The molecule has 1 aliphatic rings. The van der Waals surface area contributed by atoms with Crippen molar-refractivity contribution in [2.75, 3.05) is 20.8 Å². The molecule has 0 saturated carbocycles. The normalized spacial score (nSPS) is 14.5. The Morgan fingerprint density at radius 2 is 1.86 bits per heavy atom. The van der Waals surface area contributed by atoms with Gasteiger partial charge in [-0.3, -0.25) is 9.88 Å². The molecule has 2 aromatic rings. The number of ether oxygens (including phenoxy) is 2. The molecule has 0 saturated heterocycles. The van der Waals surface area contributed by atoms with Gasteiger partial charge in [0, 0.05) is 25.8 Å². The van der Waals surface area contributed by atoms with Gasteiger partial charge in [0.1, 0.15) is 0 Å². The van der Waals surface area contributed by atoms with Crippen molar-refractivity contribution in [1.82, 2.24) is 9.88 Å². The average Bonchev–Trinajstić information content (AvgIpc) is 2.55. The van der Waals surface area contributed by atoms with Crippen molar-refractivity contribution < 1.29 is 9.47 Å². The number of aromatic nitrogens is 1. The van der Waals surface area contributed by atoms with Gasteiger partial charge >= 0.3 is 0 Å². The highest BCUT2D eigenvalue weighted by Gasteiger charge is 2.20. The summed E-state index contributed by atoms with van der Waals surface area (Å²) in [6.45, 7) is 4.97. The van der Waals surface area contributed by atoms with Crippen LogP contribution < -0.4 is 9.47 Å². The van der Waals surface area contributed by atoms with Gasteiger partial charge in [0.2, 0.25) is 0 Å². The summed E-state index contributed by atoms with van der Waals surface area (Å²) >= 11 is 0. The van der Waals surface area contributed by atoms with E-state index >= 15 is 0 Å². The first-order chi connectivity index (χ1) is 10.7. The van der Waals surface area contributed by atoms with Gasteiger partial charge in [-0.25, -0.2) is 0 Å². The molecule has 0 atom stereocenters. The Kier molecular flexibility index (Phi) is 4.29. The summed E-state index contributed by atoms with van der Waals surface area (Å²) in [4.78, 5) is 6.94. The third-order valence-electron chi connectivity index (χ3n) is 4.29. The van der Waals surface area contributed by atoms with Crippen LogP contribution in [-0.4, -0.2) is 30.6 Å². The van der Waals surface area contributed by atoms with Crippen molar-refractivity contribution in [2.45, 2.75) is 26.4 Å². The third kappa shape index (κ3) is 2.92. The molecule has 22 heavy (non-hydrogen) atoms. The predicted molar refractivity (Wildman–Crippen MR) is 86.3 cm³/mol. The zero-order valence-electron chi connectivity index (χ0n) is 13.4. The minimum atomic E-state index is 0.803. The number of pyridine rings is 1. The van der Waals surface area contributed by atoms with Gasteiger partial charge in [-0.1, -0.05) is 6.07 Å². The van der Waals surface area contributed by atoms with Crippen LogP contribution in [0.1, 0.15) is 22.4 Å². The molecule has 1 aromatic heterocycles. The van der Waals surface area contributed by atoms with Gasteiger partial charge in [0.25, 0.3) is 0 Å². The van der Waals surface area contributed by atoms with Crippen LogP contribution in [-0.2, 0) is 19.5 Å². The van der Waals surface area contributed by atoms with Crippen LogP contribution in [0.3, 0.4) is 0 Å². The highest BCUT2D eigenvalue weighted by Crippen LogP contribution is 2.33.